The Morgan fingerprint density at radius 2 is 1.63 bits per heavy atom. The second-order valence-electron chi connectivity index (χ2n) is 11.8. The fraction of sp³-hybridized carbons (Fsp3) is 0.467. The molecule has 1 N–H and O–H groups in total. The summed E-state index contributed by atoms with van der Waals surface area (Å²) >= 11 is 0. The molecule has 5 rings (SSSR count). The minimum Gasteiger partial charge on any atom is -0.490 e. The molecule has 13 heteroatoms. The van der Waals surface area contributed by atoms with Gasteiger partial charge in [-0.3, -0.25) is 0 Å². The number of benzene rings is 1. The smallest absolute Gasteiger partial charge is 0.407 e. The van der Waals surface area contributed by atoms with E-state index in [4.69, 9.17) is 9.47 Å². The van der Waals surface area contributed by atoms with E-state index in [1.807, 2.05) is 0 Å². The summed E-state index contributed by atoms with van der Waals surface area (Å²) in [6.07, 6.45) is 5.37. The Kier molecular flexibility index (Phi) is 8.88. The number of nitrogens with zero attached hydrogens (tertiary/aromatic N) is 5. The van der Waals surface area contributed by atoms with Gasteiger partial charge in [-0.2, -0.15) is 0 Å². The molecule has 0 aliphatic carbocycles. The van der Waals surface area contributed by atoms with Gasteiger partial charge in [0.1, 0.15) is 23.1 Å². The predicted molar refractivity (Wildman–Crippen MR) is 151 cm³/mol. The number of anilines is 2. The van der Waals surface area contributed by atoms with E-state index in [0.29, 0.717) is 30.3 Å². The minimum atomic E-state index is -1.29. The average Bonchev–Trinajstić information content (AvgIpc) is 3.37. The Balaban J connectivity index is 1.20. The maximum Gasteiger partial charge on any atom is 0.407 e. The Morgan fingerprint density at radius 1 is 0.930 bits per heavy atom. The number of piperidine rings is 1. The summed E-state index contributed by atoms with van der Waals surface area (Å²) in [6.45, 7) is 7.53. The van der Waals surface area contributed by atoms with Gasteiger partial charge in [-0.05, 0) is 63.3 Å². The van der Waals surface area contributed by atoms with Crippen LogP contribution in [0.5, 0.6) is 5.75 Å². The minimum absolute atomic E-state index is 0.0660. The molecule has 0 unspecified atom stereocenters. The van der Waals surface area contributed by atoms with Crippen molar-refractivity contribution in [2.24, 2.45) is 5.92 Å². The maximum absolute atomic E-state index is 14.8. The number of aromatic nitrogens is 3. The Morgan fingerprint density at radius 3 is 2.28 bits per heavy atom. The summed E-state index contributed by atoms with van der Waals surface area (Å²) in [5.41, 5.74) is -0.829. The summed E-state index contributed by atoms with van der Waals surface area (Å²) in [5.74, 6) is -2.59. The molecule has 0 saturated carbocycles. The fourth-order valence-corrected chi connectivity index (χ4v) is 5.35. The number of hydrogen-bond donors (Lipinski definition) is 1. The van der Waals surface area contributed by atoms with Crippen molar-refractivity contribution in [1.82, 2.24) is 20.3 Å². The highest BCUT2D eigenvalue weighted by atomic mass is 19.2. The van der Waals surface area contributed by atoms with Crippen molar-refractivity contribution in [2.45, 2.75) is 51.2 Å². The highest BCUT2D eigenvalue weighted by Crippen LogP contribution is 2.33. The normalized spacial score (nSPS) is 19.4. The second kappa shape index (κ2) is 12.6. The van der Waals surface area contributed by atoms with E-state index < -0.39 is 41.1 Å². The first-order valence-corrected chi connectivity index (χ1v) is 14.2. The van der Waals surface area contributed by atoms with Crippen LogP contribution >= 0.6 is 0 Å². The molecule has 3 aromatic rings. The SMILES string of the molecule is CC(C)(C)OC(=O)N[C@H]1CN(c2ncc(OCC3CCN(c4ccc(F)cn4)CC3)cn2)C[C@@H]1c1cc(F)c(F)cc1F. The highest BCUT2D eigenvalue weighted by Gasteiger charge is 2.39. The number of carbonyl (C=O) groups is 1. The van der Waals surface area contributed by atoms with E-state index in [1.54, 1.807) is 44.1 Å². The molecule has 230 valence electrons. The molecule has 2 aliphatic heterocycles. The lowest BCUT2D eigenvalue weighted by Gasteiger charge is -2.32. The van der Waals surface area contributed by atoms with Crippen molar-refractivity contribution in [3.8, 4) is 5.75 Å². The molecule has 2 fully saturated rings. The molecule has 0 radical (unpaired) electrons. The van der Waals surface area contributed by atoms with Gasteiger partial charge in [0.25, 0.3) is 0 Å². The summed E-state index contributed by atoms with van der Waals surface area (Å²) in [6, 6.07) is 3.72. The molecule has 1 amide bonds. The Labute approximate surface area is 247 Å². The number of carbonyl (C=O) groups excluding carboxylic acids is 1. The van der Waals surface area contributed by atoms with Crippen molar-refractivity contribution in [1.29, 1.82) is 0 Å². The van der Waals surface area contributed by atoms with Crippen LogP contribution in [0.2, 0.25) is 0 Å². The average molecular weight is 603 g/mol. The van der Waals surface area contributed by atoms with E-state index >= 15 is 0 Å². The molecule has 0 bridgehead atoms. The molecule has 43 heavy (non-hydrogen) atoms. The molecule has 1 aromatic carbocycles. The summed E-state index contributed by atoms with van der Waals surface area (Å²) < 4.78 is 67.0. The van der Waals surface area contributed by atoms with Crippen LogP contribution in [0.15, 0.2) is 42.9 Å². The zero-order valence-corrected chi connectivity index (χ0v) is 24.2. The van der Waals surface area contributed by atoms with Gasteiger partial charge in [0.2, 0.25) is 5.95 Å². The summed E-state index contributed by atoms with van der Waals surface area (Å²) in [4.78, 5) is 29.4. The van der Waals surface area contributed by atoms with E-state index in [9.17, 15) is 22.4 Å². The van der Waals surface area contributed by atoms with E-state index in [1.165, 1.54) is 12.3 Å². The number of ether oxygens (including phenoxy) is 2. The molecule has 2 aliphatic rings. The lowest BCUT2D eigenvalue weighted by molar-refractivity contribution is 0.0504. The molecular weight excluding hydrogens is 568 g/mol. The van der Waals surface area contributed by atoms with Gasteiger partial charge in [0.15, 0.2) is 17.4 Å². The monoisotopic (exact) mass is 602 g/mol. The second-order valence-corrected chi connectivity index (χ2v) is 11.8. The van der Waals surface area contributed by atoms with Crippen LogP contribution in [0, 0.1) is 29.2 Å². The van der Waals surface area contributed by atoms with Crippen molar-refractivity contribution in [3.63, 3.8) is 0 Å². The van der Waals surface area contributed by atoms with Crippen LogP contribution in [0.3, 0.4) is 0 Å². The van der Waals surface area contributed by atoms with Crippen LogP contribution in [0.1, 0.15) is 45.1 Å². The van der Waals surface area contributed by atoms with Crippen LogP contribution in [0.4, 0.5) is 34.1 Å². The molecule has 2 saturated heterocycles. The van der Waals surface area contributed by atoms with E-state index in [-0.39, 0.29) is 24.5 Å². The first kappa shape index (κ1) is 30.3. The van der Waals surface area contributed by atoms with E-state index in [0.717, 1.165) is 37.8 Å². The quantitative estimate of drug-likeness (QED) is 0.291. The van der Waals surface area contributed by atoms with Gasteiger partial charge in [-0.25, -0.2) is 37.3 Å². The van der Waals surface area contributed by atoms with Crippen molar-refractivity contribution >= 4 is 17.9 Å². The summed E-state index contributed by atoms with van der Waals surface area (Å²) in [7, 11) is 0. The molecule has 2 aromatic heterocycles. The number of alkyl carbamates (subject to hydrolysis) is 1. The lowest BCUT2D eigenvalue weighted by atomic mass is 9.93. The van der Waals surface area contributed by atoms with Crippen molar-refractivity contribution < 1.29 is 31.8 Å². The van der Waals surface area contributed by atoms with Gasteiger partial charge in [0, 0.05) is 38.2 Å². The number of hydrogen-bond acceptors (Lipinski definition) is 8. The number of rotatable bonds is 7. The molecule has 2 atom stereocenters. The lowest BCUT2D eigenvalue weighted by Crippen LogP contribution is -2.43. The van der Waals surface area contributed by atoms with Crippen LogP contribution in [-0.4, -0.2) is 65.5 Å². The van der Waals surface area contributed by atoms with Gasteiger partial charge >= 0.3 is 6.09 Å². The fourth-order valence-electron chi connectivity index (χ4n) is 5.35. The number of halogens is 4. The van der Waals surface area contributed by atoms with Crippen LogP contribution in [-0.2, 0) is 4.74 Å². The zero-order valence-electron chi connectivity index (χ0n) is 24.2. The van der Waals surface area contributed by atoms with Crippen LogP contribution < -0.4 is 19.9 Å². The number of nitrogens with one attached hydrogen (secondary N) is 1. The van der Waals surface area contributed by atoms with Gasteiger partial charge in [0.05, 0.1) is 31.2 Å². The molecular formula is C30H34F4N6O3. The first-order chi connectivity index (χ1) is 20.4. The first-order valence-electron chi connectivity index (χ1n) is 14.2. The number of amides is 1. The van der Waals surface area contributed by atoms with Gasteiger partial charge in [-0.1, -0.05) is 0 Å². The van der Waals surface area contributed by atoms with Crippen molar-refractivity contribution in [2.75, 3.05) is 42.6 Å². The third kappa shape index (κ3) is 7.63. The molecule has 0 spiro atoms. The number of pyridine rings is 1. The Hall–Kier alpha value is -4.16. The standard InChI is InChI=1S/C30H34F4N6O3/c1-30(2,3)43-29(41)38-26-16-40(15-22(26)21-10-24(33)25(34)11-23(21)32)28-36-13-20(14-37-28)42-17-18-6-8-39(9-7-18)27-5-4-19(31)12-35-27/h4-5,10-14,18,22,26H,6-9,15-17H2,1-3H3,(H,38,41)/t22-,26+/m1/s1. The summed E-state index contributed by atoms with van der Waals surface area (Å²) in [5, 5.41) is 2.74. The Bertz CT molecular complexity index is 1410. The van der Waals surface area contributed by atoms with Crippen molar-refractivity contribution in [3.05, 3.63) is 71.7 Å². The van der Waals surface area contributed by atoms with Gasteiger partial charge < -0.3 is 24.6 Å². The highest BCUT2D eigenvalue weighted by molar-refractivity contribution is 5.68. The van der Waals surface area contributed by atoms with E-state index in [2.05, 4.69) is 25.2 Å². The third-order valence-corrected chi connectivity index (χ3v) is 7.49. The van der Waals surface area contributed by atoms with Gasteiger partial charge in [-0.15, -0.1) is 0 Å². The molecule has 9 nitrogen and oxygen atoms in total. The topological polar surface area (TPSA) is 92.7 Å². The van der Waals surface area contributed by atoms with Crippen LogP contribution in [0.25, 0.3) is 0 Å². The molecule has 4 heterocycles. The third-order valence-electron chi connectivity index (χ3n) is 7.49. The zero-order chi connectivity index (χ0) is 30.7. The largest absolute Gasteiger partial charge is 0.490 e. The predicted octanol–water partition coefficient (Wildman–Crippen LogP) is 5.22. The maximum atomic E-state index is 14.8.